The molecule has 2 unspecified atom stereocenters. The van der Waals surface area contributed by atoms with Gasteiger partial charge in [-0.15, -0.1) is 0 Å². The Morgan fingerprint density at radius 1 is 1.14 bits per heavy atom. The van der Waals surface area contributed by atoms with Crippen molar-refractivity contribution < 1.29 is 4.79 Å². The summed E-state index contributed by atoms with van der Waals surface area (Å²) in [5.41, 5.74) is 0. The fourth-order valence-corrected chi connectivity index (χ4v) is 3.99. The van der Waals surface area contributed by atoms with Crippen LogP contribution in [-0.2, 0) is 4.79 Å². The zero-order valence-electron chi connectivity index (χ0n) is 14.4. The van der Waals surface area contributed by atoms with Crippen molar-refractivity contribution >= 4 is 5.91 Å². The van der Waals surface area contributed by atoms with Gasteiger partial charge in [-0.2, -0.15) is 0 Å². The van der Waals surface area contributed by atoms with Gasteiger partial charge >= 0.3 is 0 Å². The monoisotopic (exact) mass is 294 g/mol. The Morgan fingerprint density at radius 2 is 1.81 bits per heavy atom. The zero-order chi connectivity index (χ0) is 15.4. The van der Waals surface area contributed by atoms with E-state index in [9.17, 15) is 4.79 Å². The van der Waals surface area contributed by atoms with Gasteiger partial charge in [0.05, 0.1) is 0 Å². The summed E-state index contributed by atoms with van der Waals surface area (Å²) in [7, 11) is 0. The molecule has 0 aromatic rings. The van der Waals surface area contributed by atoms with E-state index in [0.717, 1.165) is 25.9 Å². The lowest BCUT2D eigenvalue weighted by molar-refractivity contribution is -0.142. The largest absolute Gasteiger partial charge is 0.336 e. The molecule has 1 aliphatic heterocycles. The average molecular weight is 294 g/mol. The summed E-state index contributed by atoms with van der Waals surface area (Å²) in [6.07, 6.45) is 7.19. The lowest BCUT2D eigenvalue weighted by atomic mass is 9.86. The topological polar surface area (TPSA) is 32.3 Å². The highest BCUT2D eigenvalue weighted by Gasteiger charge is 2.36. The number of nitrogens with one attached hydrogen (secondary N) is 1. The Kier molecular flexibility index (Phi) is 6.09. The number of hydrogen-bond donors (Lipinski definition) is 1. The van der Waals surface area contributed by atoms with Gasteiger partial charge in [-0.1, -0.05) is 47.0 Å². The highest BCUT2D eigenvalue weighted by molar-refractivity contribution is 5.79. The molecule has 1 amide bonds. The van der Waals surface area contributed by atoms with Crippen LogP contribution in [-0.4, -0.2) is 36.0 Å². The van der Waals surface area contributed by atoms with Crippen LogP contribution in [0, 0.1) is 17.8 Å². The highest BCUT2D eigenvalue weighted by atomic mass is 16.2. The molecule has 0 bridgehead atoms. The van der Waals surface area contributed by atoms with Crippen LogP contribution in [0.4, 0.5) is 0 Å². The van der Waals surface area contributed by atoms with E-state index < -0.39 is 0 Å². The Balaban J connectivity index is 2.03. The highest BCUT2D eigenvalue weighted by Crippen LogP contribution is 2.28. The number of rotatable bonds is 4. The molecule has 0 spiro atoms. The molecule has 1 saturated heterocycles. The van der Waals surface area contributed by atoms with Crippen molar-refractivity contribution in [3.8, 4) is 0 Å². The zero-order valence-corrected chi connectivity index (χ0v) is 14.4. The summed E-state index contributed by atoms with van der Waals surface area (Å²) in [5, 5.41) is 3.68. The second-order valence-electron chi connectivity index (χ2n) is 7.87. The molecule has 3 heteroatoms. The Bertz CT molecular complexity index is 334. The third-order valence-electron chi connectivity index (χ3n) is 5.20. The molecule has 1 heterocycles. The van der Waals surface area contributed by atoms with Crippen LogP contribution in [0.15, 0.2) is 0 Å². The molecule has 2 fully saturated rings. The summed E-state index contributed by atoms with van der Waals surface area (Å²) in [4.78, 5) is 15.2. The molecule has 2 rings (SSSR count). The quantitative estimate of drug-likeness (QED) is 0.861. The maximum atomic E-state index is 13.0. The van der Waals surface area contributed by atoms with Gasteiger partial charge in [0, 0.05) is 31.1 Å². The molecule has 2 aliphatic rings. The van der Waals surface area contributed by atoms with Crippen LogP contribution in [0.3, 0.4) is 0 Å². The first-order valence-corrected chi connectivity index (χ1v) is 9.03. The van der Waals surface area contributed by atoms with Gasteiger partial charge in [-0.05, 0) is 31.1 Å². The molecular formula is C18H34N2O. The van der Waals surface area contributed by atoms with E-state index in [1.165, 1.54) is 25.7 Å². The fourth-order valence-electron chi connectivity index (χ4n) is 3.99. The minimum Gasteiger partial charge on any atom is -0.336 e. The molecule has 0 aromatic heterocycles. The number of piperazine rings is 1. The minimum atomic E-state index is 0.304. The lowest BCUT2D eigenvalue weighted by Gasteiger charge is -2.44. The van der Waals surface area contributed by atoms with E-state index in [2.05, 4.69) is 37.9 Å². The SMILES string of the molecule is CC(C)CC1CN(C(=O)C2CCCCC2)C(C(C)C)CN1. The standard InChI is InChI=1S/C18H34N2O/c1-13(2)10-16-12-20(17(11-19-16)14(3)4)18(21)15-8-6-5-7-9-15/h13-17,19H,5-12H2,1-4H3. The first kappa shape index (κ1) is 16.8. The van der Waals surface area contributed by atoms with E-state index in [-0.39, 0.29) is 0 Å². The first-order valence-electron chi connectivity index (χ1n) is 9.03. The van der Waals surface area contributed by atoms with Crippen molar-refractivity contribution in [1.29, 1.82) is 0 Å². The predicted octanol–water partition coefficient (Wildman–Crippen LogP) is 3.44. The van der Waals surface area contributed by atoms with Crippen molar-refractivity contribution in [2.45, 2.75) is 78.3 Å². The maximum Gasteiger partial charge on any atom is 0.226 e. The van der Waals surface area contributed by atoms with Crippen LogP contribution >= 0.6 is 0 Å². The number of carbonyl (C=O) groups is 1. The van der Waals surface area contributed by atoms with E-state index >= 15 is 0 Å². The molecule has 2 atom stereocenters. The average Bonchev–Trinajstić information content (AvgIpc) is 2.46. The van der Waals surface area contributed by atoms with E-state index in [0.29, 0.717) is 35.7 Å². The minimum absolute atomic E-state index is 0.304. The molecule has 1 saturated carbocycles. The van der Waals surface area contributed by atoms with Crippen molar-refractivity contribution in [2.24, 2.45) is 17.8 Å². The Labute approximate surface area is 130 Å². The van der Waals surface area contributed by atoms with Crippen molar-refractivity contribution in [1.82, 2.24) is 10.2 Å². The number of hydrogen-bond acceptors (Lipinski definition) is 2. The van der Waals surface area contributed by atoms with Gasteiger partial charge in [-0.25, -0.2) is 0 Å². The van der Waals surface area contributed by atoms with E-state index in [1.807, 2.05) is 0 Å². The van der Waals surface area contributed by atoms with Crippen molar-refractivity contribution in [3.63, 3.8) is 0 Å². The van der Waals surface area contributed by atoms with Gasteiger partial charge in [0.15, 0.2) is 0 Å². The Morgan fingerprint density at radius 3 is 2.38 bits per heavy atom. The summed E-state index contributed by atoms with van der Waals surface area (Å²) in [5.74, 6) is 1.97. The van der Waals surface area contributed by atoms with Crippen LogP contribution in [0.25, 0.3) is 0 Å². The molecule has 122 valence electrons. The Hall–Kier alpha value is -0.570. The molecule has 3 nitrogen and oxygen atoms in total. The van der Waals surface area contributed by atoms with Crippen LogP contribution in [0.2, 0.25) is 0 Å². The van der Waals surface area contributed by atoms with E-state index in [1.54, 1.807) is 0 Å². The number of amides is 1. The summed E-state index contributed by atoms with van der Waals surface area (Å²) in [6.45, 7) is 10.9. The second kappa shape index (κ2) is 7.62. The maximum absolute atomic E-state index is 13.0. The lowest BCUT2D eigenvalue weighted by Crippen LogP contribution is -2.61. The molecule has 0 aromatic carbocycles. The van der Waals surface area contributed by atoms with Gasteiger partial charge in [0.1, 0.15) is 0 Å². The van der Waals surface area contributed by atoms with Crippen LogP contribution < -0.4 is 5.32 Å². The predicted molar refractivity (Wildman–Crippen MR) is 88.2 cm³/mol. The van der Waals surface area contributed by atoms with Gasteiger partial charge in [0.25, 0.3) is 0 Å². The molecule has 0 radical (unpaired) electrons. The molecule has 1 aliphatic carbocycles. The first-order chi connectivity index (χ1) is 9.99. The van der Waals surface area contributed by atoms with Crippen molar-refractivity contribution in [2.75, 3.05) is 13.1 Å². The van der Waals surface area contributed by atoms with Crippen molar-refractivity contribution in [3.05, 3.63) is 0 Å². The van der Waals surface area contributed by atoms with Gasteiger partial charge in [-0.3, -0.25) is 4.79 Å². The summed E-state index contributed by atoms with van der Waals surface area (Å²) < 4.78 is 0. The normalized spacial score (nSPS) is 28.4. The van der Waals surface area contributed by atoms with E-state index in [4.69, 9.17) is 0 Å². The molecular weight excluding hydrogens is 260 g/mol. The smallest absolute Gasteiger partial charge is 0.226 e. The molecule has 1 N–H and O–H groups in total. The number of carbonyl (C=O) groups excluding carboxylic acids is 1. The summed E-state index contributed by atoms with van der Waals surface area (Å²) >= 11 is 0. The third kappa shape index (κ3) is 4.45. The summed E-state index contributed by atoms with van der Waals surface area (Å²) in [6, 6.07) is 0.857. The van der Waals surface area contributed by atoms with Crippen LogP contribution in [0.1, 0.15) is 66.2 Å². The number of nitrogens with zero attached hydrogens (tertiary/aromatic N) is 1. The third-order valence-corrected chi connectivity index (χ3v) is 5.20. The fraction of sp³-hybridized carbons (Fsp3) is 0.944. The molecule has 21 heavy (non-hydrogen) atoms. The van der Waals surface area contributed by atoms with Gasteiger partial charge in [0.2, 0.25) is 5.91 Å². The van der Waals surface area contributed by atoms with Gasteiger partial charge < -0.3 is 10.2 Å². The van der Waals surface area contributed by atoms with Crippen LogP contribution in [0.5, 0.6) is 0 Å². The second-order valence-corrected chi connectivity index (χ2v) is 7.87.